The molecule has 76 valence electrons. The molecule has 0 unspecified atom stereocenters. The lowest BCUT2D eigenvalue weighted by Crippen LogP contribution is -2.16. The van der Waals surface area contributed by atoms with E-state index in [1.54, 1.807) is 24.3 Å². The lowest BCUT2D eigenvalue weighted by molar-refractivity contribution is -0.383. The molecule has 0 N–H and O–H groups in total. The van der Waals surface area contributed by atoms with Crippen LogP contribution in [-0.2, 0) is 7.05 Å². The fraction of sp³-hybridized carbons (Fsp3) is 0.100. The summed E-state index contributed by atoms with van der Waals surface area (Å²) in [5.41, 5.74) is -0.274. The van der Waals surface area contributed by atoms with Gasteiger partial charge in [0.05, 0.1) is 21.9 Å². The van der Waals surface area contributed by atoms with Crippen LogP contribution in [0.5, 0.6) is 0 Å². The quantitative estimate of drug-likeness (QED) is 0.521. The fourth-order valence-corrected chi connectivity index (χ4v) is 1.54. The first-order valence-corrected chi connectivity index (χ1v) is 4.34. The van der Waals surface area contributed by atoms with Gasteiger partial charge in [0.1, 0.15) is 0 Å². The van der Waals surface area contributed by atoms with E-state index in [1.165, 1.54) is 17.8 Å². The molecule has 2 aromatic rings. The standard InChI is InChI=1S/C10H8N2O3/c1-11-6-9(12(14)15)7-4-2-3-5-8(7)10(11)13/h2-6H,1H3. The smallest absolute Gasteiger partial charge is 0.293 e. The van der Waals surface area contributed by atoms with Gasteiger partial charge in [0.2, 0.25) is 0 Å². The van der Waals surface area contributed by atoms with Gasteiger partial charge in [-0.25, -0.2) is 0 Å². The zero-order valence-electron chi connectivity index (χ0n) is 8.01. The maximum atomic E-state index is 11.6. The molecule has 5 nitrogen and oxygen atoms in total. The molecule has 0 saturated carbocycles. The van der Waals surface area contributed by atoms with Gasteiger partial charge >= 0.3 is 0 Å². The van der Waals surface area contributed by atoms with Crippen LogP contribution >= 0.6 is 0 Å². The van der Waals surface area contributed by atoms with Crippen molar-refractivity contribution in [2.24, 2.45) is 7.05 Å². The number of nitrogens with zero attached hydrogens (tertiary/aromatic N) is 2. The van der Waals surface area contributed by atoms with Crippen molar-refractivity contribution in [3.8, 4) is 0 Å². The summed E-state index contributed by atoms with van der Waals surface area (Å²) in [4.78, 5) is 21.9. The SMILES string of the molecule is Cn1cc([N+](=O)[O-])c2ccccc2c1=O. The molecule has 1 heterocycles. The van der Waals surface area contributed by atoms with Crippen LogP contribution in [0.3, 0.4) is 0 Å². The molecule has 0 aliphatic rings. The van der Waals surface area contributed by atoms with E-state index in [0.29, 0.717) is 10.8 Å². The third-order valence-corrected chi connectivity index (χ3v) is 2.27. The number of nitro groups is 1. The van der Waals surface area contributed by atoms with Gasteiger partial charge in [0.15, 0.2) is 0 Å². The van der Waals surface area contributed by atoms with Crippen LogP contribution in [0.25, 0.3) is 10.8 Å². The molecule has 0 fully saturated rings. The number of aryl methyl sites for hydroxylation is 1. The summed E-state index contributed by atoms with van der Waals surface area (Å²) in [5, 5.41) is 11.5. The highest BCUT2D eigenvalue weighted by molar-refractivity contribution is 5.89. The third-order valence-electron chi connectivity index (χ3n) is 2.27. The number of pyridine rings is 1. The molecule has 15 heavy (non-hydrogen) atoms. The minimum atomic E-state index is -0.484. The predicted molar refractivity (Wildman–Crippen MR) is 55.8 cm³/mol. The Kier molecular flexibility index (Phi) is 2.00. The average Bonchev–Trinajstić information content (AvgIpc) is 2.23. The molecule has 0 amide bonds. The minimum Gasteiger partial charge on any atom is -0.311 e. The number of aromatic nitrogens is 1. The van der Waals surface area contributed by atoms with Crippen LogP contribution < -0.4 is 5.56 Å². The van der Waals surface area contributed by atoms with Gasteiger partial charge in [-0.15, -0.1) is 0 Å². The maximum absolute atomic E-state index is 11.6. The van der Waals surface area contributed by atoms with Crippen molar-refractivity contribution in [2.45, 2.75) is 0 Å². The van der Waals surface area contributed by atoms with Crippen molar-refractivity contribution in [3.63, 3.8) is 0 Å². The Morgan fingerprint density at radius 2 is 1.87 bits per heavy atom. The lowest BCUT2D eigenvalue weighted by atomic mass is 10.1. The van der Waals surface area contributed by atoms with Gasteiger partial charge in [-0.1, -0.05) is 12.1 Å². The maximum Gasteiger partial charge on any atom is 0.293 e. The molecule has 0 spiro atoms. The third kappa shape index (κ3) is 1.38. The van der Waals surface area contributed by atoms with E-state index in [2.05, 4.69) is 0 Å². The molecule has 0 bridgehead atoms. The Hall–Kier alpha value is -2.17. The summed E-state index contributed by atoms with van der Waals surface area (Å²) >= 11 is 0. The molecule has 1 aromatic heterocycles. The average molecular weight is 204 g/mol. The Morgan fingerprint density at radius 1 is 1.27 bits per heavy atom. The first kappa shape index (κ1) is 9.39. The number of hydrogen-bond acceptors (Lipinski definition) is 3. The second-order valence-corrected chi connectivity index (χ2v) is 3.23. The highest BCUT2D eigenvalue weighted by Gasteiger charge is 2.14. The summed E-state index contributed by atoms with van der Waals surface area (Å²) < 4.78 is 1.22. The normalized spacial score (nSPS) is 10.5. The largest absolute Gasteiger partial charge is 0.311 e. The van der Waals surface area contributed by atoms with Crippen molar-refractivity contribution >= 4 is 16.5 Å². The molecular weight excluding hydrogens is 196 g/mol. The van der Waals surface area contributed by atoms with Crippen LogP contribution in [0.15, 0.2) is 35.3 Å². The van der Waals surface area contributed by atoms with Crippen LogP contribution in [0.4, 0.5) is 5.69 Å². The van der Waals surface area contributed by atoms with Crippen LogP contribution in [0.1, 0.15) is 0 Å². The Bertz CT molecular complexity index is 601. The minimum absolute atomic E-state index is 0.0484. The van der Waals surface area contributed by atoms with Crippen molar-refractivity contribution in [1.82, 2.24) is 4.57 Å². The van der Waals surface area contributed by atoms with Crippen molar-refractivity contribution < 1.29 is 4.92 Å². The van der Waals surface area contributed by atoms with E-state index in [4.69, 9.17) is 0 Å². The second kappa shape index (κ2) is 3.20. The van der Waals surface area contributed by atoms with Gasteiger partial charge in [-0.2, -0.15) is 0 Å². The van der Waals surface area contributed by atoms with Crippen molar-refractivity contribution in [1.29, 1.82) is 0 Å². The Labute approximate surface area is 84.7 Å². The number of benzene rings is 1. The van der Waals surface area contributed by atoms with Gasteiger partial charge < -0.3 is 4.57 Å². The molecule has 0 atom stereocenters. The van der Waals surface area contributed by atoms with E-state index >= 15 is 0 Å². The number of hydrogen-bond donors (Lipinski definition) is 0. The number of rotatable bonds is 1. The zero-order valence-corrected chi connectivity index (χ0v) is 8.01. The Morgan fingerprint density at radius 3 is 2.47 bits per heavy atom. The number of fused-ring (bicyclic) bond motifs is 1. The first-order chi connectivity index (χ1) is 7.11. The first-order valence-electron chi connectivity index (χ1n) is 4.34. The fourth-order valence-electron chi connectivity index (χ4n) is 1.54. The van der Waals surface area contributed by atoms with Crippen LogP contribution in [0.2, 0.25) is 0 Å². The topological polar surface area (TPSA) is 65.1 Å². The Balaban J connectivity index is 3.01. The van der Waals surface area contributed by atoms with E-state index in [0.717, 1.165) is 0 Å². The van der Waals surface area contributed by atoms with Crippen molar-refractivity contribution in [3.05, 3.63) is 50.9 Å². The zero-order chi connectivity index (χ0) is 11.0. The van der Waals surface area contributed by atoms with E-state index < -0.39 is 4.92 Å². The molecule has 0 saturated heterocycles. The van der Waals surface area contributed by atoms with Gasteiger partial charge in [0, 0.05) is 7.05 Å². The predicted octanol–water partition coefficient (Wildman–Crippen LogP) is 1.45. The van der Waals surface area contributed by atoms with Crippen LogP contribution in [-0.4, -0.2) is 9.49 Å². The monoisotopic (exact) mass is 204 g/mol. The van der Waals surface area contributed by atoms with Crippen molar-refractivity contribution in [2.75, 3.05) is 0 Å². The molecule has 1 aromatic carbocycles. The van der Waals surface area contributed by atoms with Gasteiger partial charge in [-0.3, -0.25) is 14.9 Å². The van der Waals surface area contributed by atoms with Gasteiger partial charge in [-0.05, 0) is 12.1 Å². The molecule has 0 radical (unpaired) electrons. The summed E-state index contributed by atoms with van der Waals surface area (Å²) in [6.45, 7) is 0. The molecule has 0 aliphatic carbocycles. The van der Waals surface area contributed by atoms with E-state index in [-0.39, 0.29) is 11.2 Å². The highest BCUT2D eigenvalue weighted by atomic mass is 16.6. The van der Waals surface area contributed by atoms with E-state index in [1.807, 2.05) is 0 Å². The summed E-state index contributed by atoms with van der Waals surface area (Å²) in [5.74, 6) is 0. The summed E-state index contributed by atoms with van der Waals surface area (Å²) in [7, 11) is 1.50. The molecule has 5 heteroatoms. The lowest BCUT2D eigenvalue weighted by Gasteiger charge is -2.01. The second-order valence-electron chi connectivity index (χ2n) is 3.23. The summed E-state index contributed by atoms with van der Waals surface area (Å²) in [6.07, 6.45) is 1.24. The highest BCUT2D eigenvalue weighted by Crippen LogP contribution is 2.21. The van der Waals surface area contributed by atoms with E-state index in [9.17, 15) is 14.9 Å². The molecule has 2 rings (SSSR count). The molecule has 0 aliphatic heterocycles. The van der Waals surface area contributed by atoms with Gasteiger partial charge in [0.25, 0.3) is 11.2 Å². The molecular formula is C10H8N2O3. The van der Waals surface area contributed by atoms with Crippen LogP contribution in [0, 0.1) is 10.1 Å². The summed E-state index contributed by atoms with van der Waals surface area (Å²) in [6, 6.07) is 6.53.